The van der Waals surface area contributed by atoms with E-state index >= 15 is 0 Å². The molecule has 0 unspecified atom stereocenters. The highest BCUT2D eigenvalue weighted by atomic mass is 16.6. The Bertz CT molecular complexity index is 563. The molecule has 1 aromatic heterocycles. The number of ether oxygens (including phenoxy) is 1. The Balaban J connectivity index is 1.55. The van der Waals surface area contributed by atoms with E-state index < -0.39 is 12.1 Å². The number of piperidine rings is 1. The van der Waals surface area contributed by atoms with E-state index in [4.69, 9.17) is 9.26 Å². The Morgan fingerprint density at radius 2 is 2.09 bits per heavy atom. The van der Waals surface area contributed by atoms with E-state index in [0.29, 0.717) is 19.0 Å². The summed E-state index contributed by atoms with van der Waals surface area (Å²) in [6.07, 6.45) is 1.04. The van der Waals surface area contributed by atoms with Crippen LogP contribution in [0.5, 0.6) is 0 Å². The molecular formula is C14H20N4O4. The molecule has 1 N–H and O–H groups in total. The van der Waals surface area contributed by atoms with Gasteiger partial charge >= 0.3 is 6.09 Å². The molecule has 22 heavy (non-hydrogen) atoms. The van der Waals surface area contributed by atoms with Crippen LogP contribution in [0.3, 0.4) is 0 Å². The Hall–Kier alpha value is -2.12. The van der Waals surface area contributed by atoms with Crippen LogP contribution in [0.15, 0.2) is 4.52 Å². The van der Waals surface area contributed by atoms with Crippen molar-refractivity contribution in [2.75, 3.05) is 19.7 Å². The van der Waals surface area contributed by atoms with Crippen molar-refractivity contribution in [3.8, 4) is 0 Å². The second-order valence-electron chi connectivity index (χ2n) is 6.04. The van der Waals surface area contributed by atoms with Crippen LogP contribution in [0.25, 0.3) is 0 Å². The van der Waals surface area contributed by atoms with Gasteiger partial charge in [-0.2, -0.15) is 4.98 Å². The first-order valence-electron chi connectivity index (χ1n) is 7.60. The number of carbonyl (C=O) groups excluding carboxylic acids is 2. The number of hydrogen-bond donors (Lipinski definition) is 1. The molecule has 2 aliphatic heterocycles. The Morgan fingerprint density at radius 3 is 2.64 bits per heavy atom. The highest BCUT2D eigenvalue weighted by molar-refractivity contribution is 5.87. The van der Waals surface area contributed by atoms with E-state index in [0.717, 1.165) is 18.7 Å². The van der Waals surface area contributed by atoms with Crippen LogP contribution in [0.1, 0.15) is 50.2 Å². The monoisotopic (exact) mass is 308 g/mol. The minimum atomic E-state index is -0.556. The second kappa shape index (κ2) is 5.94. The molecule has 0 radical (unpaired) electrons. The predicted molar refractivity (Wildman–Crippen MR) is 75.2 cm³/mol. The summed E-state index contributed by atoms with van der Waals surface area (Å²) in [7, 11) is 0. The minimum Gasteiger partial charge on any atom is -0.447 e. The molecule has 8 heteroatoms. The number of alkyl carbamates (subject to hydrolysis) is 1. The first kappa shape index (κ1) is 14.8. The van der Waals surface area contributed by atoms with Crippen molar-refractivity contribution in [2.24, 2.45) is 0 Å². The van der Waals surface area contributed by atoms with E-state index in [1.54, 1.807) is 4.90 Å². The van der Waals surface area contributed by atoms with Crippen LogP contribution in [0.2, 0.25) is 0 Å². The van der Waals surface area contributed by atoms with Gasteiger partial charge in [0.1, 0.15) is 12.6 Å². The van der Waals surface area contributed by atoms with Gasteiger partial charge in [0.15, 0.2) is 5.82 Å². The third-order valence-corrected chi connectivity index (χ3v) is 4.10. The van der Waals surface area contributed by atoms with Gasteiger partial charge in [0.25, 0.3) is 0 Å². The molecule has 2 fully saturated rings. The Kier molecular flexibility index (Phi) is 4.00. The lowest BCUT2D eigenvalue weighted by molar-refractivity contribution is -0.134. The summed E-state index contributed by atoms with van der Waals surface area (Å²) in [6.45, 7) is 5.39. The van der Waals surface area contributed by atoms with Crippen LogP contribution in [-0.4, -0.2) is 52.8 Å². The maximum atomic E-state index is 12.3. The highest BCUT2D eigenvalue weighted by Crippen LogP contribution is 2.28. The van der Waals surface area contributed by atoms with Crippen LogP contribution in [0.4, 0.5) is 4.79 Å². The average Bonchev–Trinajstić information content (AvgIpc) is 3.16. The number of rotatable bonds is 3. The molecule has 1 aromatic rings. The van der Waals surface area contributed by atoms with E-state index in [2.05, 4.69) is 15.5 Å². The molecule has 0 spiro atoms. The molecular weight excluding hydrogens is 288 g/mol. The maximum Gasteiger partial charge on any atom is 0.407 e. The largest absolute Gasteiger partial charge is 0.447 e. The lowest BCUT2D eigenvalue weighted by Crippen LogP contribution is -2.48. The van der Waals surface area contributed by atoms with Crippen molar-refractivity contribution in [3.63, 3.8) is 0 Å². The molecule has 0 bridgehead atoms. The predicted octanol–water partition coefficient (Wildman–Crippen LogP) is 1.01. The number of hydrogen-bond acceptors (Lipinski definition) is 6. The number of nitrogens with one attached hydrogen (secondary N) is 1. The fourth-order valence-corrected chi connectivity index (χ4v) is 2.73. The molecule has 3 heterocycles. The zero-order chi connectivity index (χ0) is 15.7. The van der Waals surface area contributed by atoms with Crippen molar-refractivity contribution in [3.05, 3.63) is 11.7 Å². The number of carbonyl (C=O) groups is 2. The smallest absolute Gasteiger partial charge is 0.407 e. The molecule has 0 aliphatic carbocycles. The van der Waals surface area contributed by atoms with E-state index in [1.807, 2.05) is 13.8 Å². The van der Waals surface area contributed by atoms with Gasteiger partial charge in [0.05, 0.1) is 0 Å². The van der Waals surface area contributed by atoms with E-state index in [-0.39, 0.29) is 24.3 Å². The number of likely N-dealkylation sites (tertiary alicyclic amines) is 1. The van der Waals surface area contributed by atoms with Gasteiger partial charge < -0.3 is 19.5 Å². The van der Waals surface area contributed by atoms with Gasteiger partial charge in [-0.05, 0) is 12.8 Å². The van der Waals surface area contributed by atoms with Crippen LogP contribution < -0.4 is 5.32 Å². The molecule has 2 saturated heterocycles. The molecule has 120 valence electrons. The summed E-state index contributed by atoms with van der Waals surface area (Å²) >= 11 is 0. The first-order valence-corrected chi connectivity index (χ1v) is 7.60. The van der Waals surface area contributed by atoms with Crippen molar-refractivity contribution >= 4 is 12.0 Å². The summed E-state index contributed by atoms with van der Waals surface area (Å²) in [5.41, 5.74) is 0. The molecule has 0 saturated carbocycles. The van der Waals surface area contributed by atoms with Crippen LogP contribution in [-0.2, 0) is 9.53 Å². The highest BCUT2D eigenvalue weighted by Gasteiger charge is 2.35. The molecule has 2 amide bonds. The summed E-state index contributed by atoms with van der Waals surface area (Å²) in [4.78, 5) is 29.5. The fourth-order valence-electron chi connectivity index (χ4n) is 2.73. The fraction of sp³-hybridized carbons (Fsp3) is 0.714. The van der Waals surface area contributed by atoms with Gasteiger partial charge in [-0.25, -0.2) is 4.79 Å². The zero-order valence-electron chi connectivity index (χ0n) is 12.7. The third-order valence-electron chi connectivity index (χ3n) is 4.10. The van der Waals surface area contributed by atoms with Gasteiger partial charge in [-0.15, -0.1) is 0 Å². The first-order chi connectivity index (χ1) is 10.5. The van der Waals surface area contributed by atoms with Gasteiger partial charge in [-0.1, -0.05) is 19.0 Å². The number of amides is 2. The molecule has 2 aliphatic rings. The van der Waals surface area contributed by atoms with Crippen LogP contribution >= 0.6 is 0 Å². The lowest BCUT2D eigenvalue weighted by atomic mass is 9.96. The number of aromatic nitrogens is 2. The second-order valence-corrected chi connectivity index (χ2v) is 6.04. The molecule has 1 atom stereocenters. The normalized spacial score (nSPS) is 22.8. The Morgan fingerprint density at radius 1 is 1.36 bits per heavy atom. The average molecular weight is 308 g/mol. The Labute approximate surface area is 128 Å². The molecule has 3 rings (SSSR count). The SMILES string of the molecule is CC(C)c1noc(C2CCN(C(=O)[C@@H]3COC(=O)N3)CC2)n1. The summed E-state index contributed by atoms with van der Waals surface area (Å²) in [6, 6.07) is -0.556. The van der Waals surface area contributed by atoms with Crippen molar-refractivity contribution in [1.29, 1.82) is 0 Å². The number of cyclic esters (lactones) is 1. The maximum absolute atomic E-state index is 12.3. The topological polar surface area (TPSA) is 97.6 Å². The molecule has 0 aromatic carbocycles. The minimum absolute atomic E-state index is 0.0855. The van der Waals surface area contributed by atoms with Gasteiger partial charge in [0, 0.05) is 24.9 Å². The van der Waals surface area contributed by atoms with E-state index in [9.17, 15) is 9.59 Å². The summed E-state index contributed by atoms with van der Waals surface area (Å²) in [5, 5.41) is 6.50. The summed E-state index contributed by atoms with van der Waals surface area (Å²) in [5.74, 6) is 1.73. The van der Waals surface area contributed by atoms with E-state index in [1.165, 1.54) is 0 Å². The van der Waals surface area contributed by atoms with Crippen LogP contribution in [0, 0.1) is 0 Å². The standard InChI is InChI=1S/C14H20N4O4/c1-8(2)11-16-12(22-17-11)9-3-5-18(6-4-9)13(19)10-7-21-14(20)15-10/h8-10H,3-7H2,1-2H3,(H,15,20)/t10-/m0/s1. The van der Waals surface area contributed by atoms with Crippen molar-refractivity contribution in [2.45, 2.75) is 44.6 Å². The lowest BCUT2D eigenvalue weighted by Gasteiger charge is -2.31. The number of nitrogens with zero attached hydrogens (tertiary/aromatic N) is 3. The zero-order valence-corrected chi connectivity index (χ0v) is 12.7. The van der Waals surface area contributed by atoms with Gasteiger partial charge in [0.2, 0.25) is 11.8 Å². The third kappa shape index (κ3) is 2.90. The quantitative estimate of drug-likeness (QED) is 0.895. The van der Waals surface area contributed by atoms with Gasteiger partial charge in [-0.3, -0.25) is 4.79 Å². The van der Waals surface area contributed by atoms with Crippen molar-refractivity contribution in [1.82, 2.24) is 20.4 Å². The summed E-state index contributed by atoms with van der Waals surface area (Å²) < 4.78 is 10.1. The van der Waals surface area contributed by atoms with Crippen molar-refractivity contribution < 1.29 is 18.8 Å². The molecule has 8 nitrogen and oxygen atoms in total.